The minimum Gasteiger partial charge on any atom is -0.496 e. The summed E-state index contributed by atoms with van der Waals surface area (Å²) in [6, 6.07) is 20.6. The lowest BCUT2D eigenvalue weighted by Gasteiger charge is -2.07. The summed E-state index contributed by atoms with van der Waals surface area (Å²) in [5.41, 5.74) is 6.07. The van der Waals surface area contributed by atoms with Crippen LogP contribution in [-0.2, 0) is 0 Å². The molecule has 0 saturated carbocycles. The molecule has 7 rings (SSSR count). The monoisotopic (exact) mass is 435 g/mol. The van der Waals surface area contributed by atoms with E-state index >= 15 is 0 Å². The van der Waals surface area contributed by atoms with Crippen LogP contribution in [0.1, 0.15) is 0 Å². The Bertz CT molecular complexity index is 1890. The van der Waals surface area contributed by atoms with E-state index in [1.54, 1.807) is 21.3 Å². The fourth-order valence-corrected chi connectivity index (χ4v) is 5.51. The number of fused-ring (bicyclic) bond motifs is 12. The number of aromatic amines is 2. The number of hydrogen-bond donors (Lipinski definition) is 2. The molecule has 0 amide bonds. The number of nitrogens with one attached hydrogen (secondary N) is 2. The third-order valence-corrected chi connectivity index (χ3v) is 6.76. The van der Waals surface area contributed by atoms with Crippen LogP contribution in [0.5, 0.6) is 11.5 Å². The van der Waals surface area contributed by atoms with E-state index in [2.05, 4.69) is 46.4 Å². The molecule has 162 valence electrons. The number of H-pyrrole nitrogens is 2. The Morgan fingerprint density at radius 1 is 0.606 bits per heavy atom. The van der Waals surface area contributed by atoms with Crippen LogP contribution >= 0.6 is 0 Å². The maximum Gasteiger partial charge on any atom is 0.129 e. The number of rotatable bonds is 3. The Balaban J connectivity index is 1.94. The van der Waals surface area contributed by atoms with Crippen molar-refractivity contribution in [1.82, 2.24) is 14.7 Å². The van der Waals surface area contributed by atoms with Crippen LogP contribution in [0.15, 0.2) is 60.7 Å². The van der Waals surface area contributed by atoms with Gasteiger partial charge in [-0.25, -0.2) is 0 Å². The first kappa shape index (κ1) is 18.3. The number of methoxy groups -OCH3 is 2. The fraction of sp³-hybridized carbons (Fsp3) is 0.111. The maximum absolute atomic E-state index is 5.95. The molecule has 0 radical (unpaired) electrons. The van der Waals surface area contributed by atoms with Gasteiger partial charge in [0.1, 0.15) is 24.1 Å². The normalized spacial score (nSPS) is 12.1. The standard InChI is InChI=1S/C27H21N3O3/c1-31-18-12-6-10-16-21(18)23-20-14-8-4-5-9-15(14)28-26(20)27-24(25(23)29-16)22-17(30(27)33-3)11-7-13-19(22)32-2/h4-13,28-29H,1-3H3. The lowest BCUT2D eigenvalue weighted by Crippen LogP contribution is -2.05. The van der Waals surface area contributed by atoms with Gasteiger partial charge in [0.2, 0.25) is 0 Å². The van der Waals surface area contributed by atoms with Crippen LogP contribution in [-0.4, -0.2) is 36.0 Å². The molecule has 0 fully saturated rings. The zero-order valence-electron chi connectivity index (χ0n) is 18.4. The van der Waals surface area contributed by atoms with E-state index in [1.165, 1.54) is 0 Å². The van der Waals surface area contributed by atoms with Gasteiger partial charge >= 0.3 is 0 Å². The minimum atomic E-state index is 0.802. The molecule has 6 heteroatoms. The van der Waals surface area contributed by atoms with Gasteiger partial charge in [0.05, 0.1) is 47.1 Å². The molecule has 7 aromatic rings. The Kier molecular flexibility index (Phi) is 3.52. The Morgan fingerprint density at radius 2 is 1.30 bits per heavy atom. The summed E-state index contributed by atoms with van der Waals surface area (Å²) in [6.07, 6.45) is 0. The minimum absolute atomic E-state index is 0.802. The molecule has 3 aromatic heterocycles. The highest BCUT2D eigenvalue weighted by Crippen LogP contribution is 2.48. The Labute approximate surface area is 188 Å². The third kappa shape index (κ3) is 2.13. The van der Waals surface area contributed by atoms with Gasteiger partial charge in [-0.2, -0.15) is 4.73 Å². The molecule has 0 aliphatic heterocycles. The molecule has 0 saturated heterocycles. The summed E-state index contributed by atoms with van der Waals surface area (Å²) >= 11 is 0. The molecular weight excluding hydrogens is 414 g/mol. The van der Waals surface area contributed by atoms with Crippen molar-refractivity contribution in [2.45, 2.75) is 0 Å². The second-order valence-electron chi connectivity index (χ2n) is 8.23. The molecule has 0 spiro atoms. The van der Waals surface area contributed by atoms with Gasteiger partial charge in [-0.3, -0.25) is 0 Å². The lowest BCUT2D eigenvalue weighted by molar-refractivity contribution is 0.191. The summed E-state index contributed by atoms with van der Waals surface area (Å²) in [5.74, 6) is 1.64. The van der Waals surface area contributed by atoms with Gasteiger partial charge in [-0.1, -0.05) is 30.3 Å². The summed E-state index contributed by atoms with van der Waals surface area (Å²) in [7, 11) is 5.13. The van der Waals surface area contributed by atoms with Crippen molar-refractivity contribution in [1.29, 1.82) is 0 Å². The predicted octanol–water partition coefficient (Wildman–Crippen LogP) is 6.14. The molecule has 6 nitrogen and oxygen atoms in total. The van der Waals surface area contributed by atoms with Gasteiger partial charge in [0, 0.05) is 27.1 Å². The summed E-state index contributed by atoms with van der Waals surface area (Å²) < 4.78 is 13.5. The van der Waals surface area contributed by atoms with Crippen molar-refractivity contribution in [3.05, 3.63) is 60.7 Å². The second kappa shape index (κ2) is 6.36. The van der Waals surface area contributed by atoms with Gasteiger partial charge in [0.25, 0.3) is 0 Å². The zero-order chi connectivity index (χ0) is 22.3. The van der Waals surface area contributed by atoms with Crippen LogP contribution in [0, 0.1) is 0 Å². The summed E-state index contributed by atoms with van der Waals surface area (Å²) in [6.45, 7) is 0. The highest BCUT2D eigenvalue weighted by Gasteiger charge is 2.26. The van der Waals surface area contributed by atoms with E-state index in [4.69, 9.17) is 14.3 Å². The molecule has 2 N–H and O–H groups in total. The quantitative estimate of drug-likeness (QED) is 0.350. The van der Waals surface area contributed by atoms with Crippen LogP contribution < -0.4 is 14.3 Å². The SMILES string of the molecule is COc1cccc2[nH]c3c(c12)c1c2ccccc2[nH]c1c1c3c2c(OC)cccc2n1OC. The average Bonchev–Trinajstić information content (AvgIpc) is 3.52. The van der Waals surface area contributed by atoms with E-state index in [9.17, 15) is 0 Å². The van der Waals surface area contributed by atoms with E-state index < -0.39 is 0 Å². The summed E-state index contributed by atoms with van der Waals surface area (Å²) in [4.78, 5) is 13.3. The van der Waals surface area contributed by atoms with Crippen molar-refractivity contribution >= 4 is 65.4 Å². The molecular formula is C27H21N3O3. The van der Waals surface area contributed by atoms with Crippen molar-refractivity contribution in [3.8, 4) is 11.5 Å². The van der Waals surface area contributed by atoms with Crippen LogP contribution in [0.2, 0.25) is 0 Å². The highest BCUT2D eigenvalue weighted by atomic mass is 16.6. The number of aromatic nitrogens is 3. The topological polar surface area (TPSA) is 64.2 Å². The number of para-hydroxylation sites is 1. The van der Waals surface area contributed by atoms with Gasteiger partial charge in [-0.15, -0.1) is 0 Å². The van der Waals surface area contributed by atoms with Crippen LogP contribution in [0.4, 0.5) is 0 Å². The van der Waals surface area contributed by atoms with E-state index in [0.717, 1.165) is 76.9 Å². The van der Waals surface area contributed by atoms with Crippen molar-refractivity contribution in [2.24, 2.45) is 0 Å². The van der Waals surface area contributed by atoms with Crippen molar-refractivity contribution in [3.63, 3.8) is 0 Å². The lowest BCUT2D eigenvalue weighted by atomic mass is 10.0. The number of ether oxygens (including phenoxy) is 2. The maximum atomic E-state index is 5.95. The zero-order valence-corrected chi connectivity index (χ0v) is 18.4. The molecule has 0 aliphatic rings. The predicted molar refractivity (Wildman–Crippen MR) is 134 cm³/mol. The first-order chi connectivity index (χ1) is 16.3. The Morgan fingerprint density at radius 3 is 2.09 bits per heavy atom. The van der Waals surface area contributed by atoms with Gasteiger partial charge < -0.3 is 24.3 Å². The smallest absolute Gasteiger partial charge is 0.129 e. The van der Waals surface area contributed by atoms with Gasteiger partial charge in [-0.05, 0) is 30.3 Å². The molecule has 0 unspecified atom stereocenters. The molecule has 0 bridgehead atoms. The number of benzene rings is 4. The average molecular weight is 435 g/mol. The third-order valence-electron chi connectivity index (χ3n) is 6.76. The molecule has 0 atom stereocenters. The molecule has 33 heavy (non-hydrogen) atoms. The second-order valence-corrected chi connectivity index (χ2v) is 8.23. The van der Waals surface area contributed by atoms with E-state index in [0.29, 0.717) is 0 Å². The van der Waals surface area contributed by atoms with E-state index in [-0.39, 0.29) is 0 Å². The van der Waals surface area contributed by atoms with Crippen LogP contribution in [0.3, 0.4) is 0 Å². The molecule has 4 aromatic carbocycles. The largest absolute Gasteiger partial charge is 0.496 e. The molecule has 0 aliphatic carbocycles. The first-order valence-corrected chi connectivity index (χ1v) is 10.8. The highest BCUT2D eigenvalue weighted by molar-refractivity contribution is 6.40. The Hall–Kier alpha value is -4.32. The first-order valence-electron chi connectivity index (χ1n) is 10.8. The van der Waals surface area contributed by atoms with Crippen molar-refractivity contribution < 1.29 is 14.3 Å². The van der Waals surface area contributed by atoms with E-state index in [1.807, 2.05) is 29.0 Å². The number of hydrogen-bond acceptors (Lipinski definition) is 3. The van der Waals surface area contributed by atoms with Crippen LogP contribution in [0.25, 0.3) is 65.4 Å². The fourth-order valence-electron chi connectivity index (χ4n) is 5.51. The summed E-state index contributed by atoms with van der Waals surface area (Å²) in [5, 5.41) is 6.56. The molecule has 3 heterocycles. The van der Waals surface area contributed by atoms with Gasteiger partial charge in [0.15, 0.2) is 0 Å². The van der Waals surface area contributed by atoms with Crippen molar-refractivity contribution in [2.75, 3.05) is 21.3 Å². The number of nitrogens with zero attached hydrogens (tertiary/aromatic N) is 1.